The lowest BCUT2D eigenvalue weighted by atomic mass is 9.77. The van der Waals surface area contributed by atoms with Crippen LogP contribution in [0.15, 0.2) is 24.3 Å². The molecule has 0 unspecified atom stereocenters. The fourth-order valence-corrected chi connectivity index (χ4v) is 4.55. The van der Waals surface area contributed by atoms with Crippen molar-refractivity contribution in [1.82, 2.24) is 9.80 Å². The number of hydrogen-bond donors (Lipinski definition) is 1. The first-order chi connectivity index (χ1) is 14.4. The summed E-state index contributed by atoms with van der Waals surface area (Å²) in [7, 11) is 0. The minimum atomic E-state index is -0.551. The molecule has 0 radical (unpaired) electrons. The van der Waals surface area contributed by atoms with Crippen LogP contribution in [0.2, 0.25) is 5.02 Å². The van der Waals surface area contributed by atoms with Crippen LogP contribution in [0.3, 0.4) is 0 Å². The van der Waals surface area contributed by atoms with E-state index in [9.17, 15) is 14.4 Å². The highest BCUT2D eigenvalue weighted by molar-refractivity contribution is 6.30. The second-order valence-electron chi connectivity index (χ2n) is 8.43. The van der Waals surface area contributed by atoms with Crippen molar-refractivity contribution in [2.75, 3.05) is 32.8 Å². The first-order valence-electron chi connectivity index (χ1n) is 10.6. The maximum Gasteiger partial charge on any atom is 0.242 e. The highest BCUT2D eigenvalue weighted by Crippen LogP contribution is 2.35. The Morgan fingerprint density at radius 2 is 2.00 bits per heavy atom. The monoisotopic (exact) mass is 435 g/mol. The van der Waals surface area contributed by atoms with Crippen LogP contribution in [0.5, 0.6) is 5.75 Å². The quantitative estimate of drug-likeness (QED) is 0.712. The first kappa shape index (κ1) is 22.4. The van der Waals surface area contributed by atoms with E-state index in [1.54, 1.807) is 34.1 Å². The van der Waals surface area contributed by atoms with Crippen molar-refractivity contribution in [1.29, 1.82) is 0 Å². The van der Waals surface area contributed by atoms with Crippen LogP contribution in [-0.4, -0.2) is 60.3 Å². The van der Waals surface area contributed by atoms with E-state index in [1.807, 2.05) is 0 Å². The number of nitrogens with two attached hydrogens (primary N) is 1. The second kappa shape index (κ2) is 10.2. The number of primary amides is 1. The lowest BCUT2D eigenvalue weighted by molar-refractivity contribution is -0.143. The molecule has 1 aromatic carbocycles. The Kier molecular flexibility index (Phi) is 7.58. The number of halogens is 1. The van der Waals surface area contributed by atoms with Gasteiger partial charge in [0.15, 0.2) is 0 Å². The average Bonchev–Trinajstić information content (AvgIpc) is 2.90. The molecular formula is C22H30ClN3O4. The van der Waals surface area contributed by atoms with Gasteiger partial charge in [-0.3, -0.25) is 14.4 Å². The summed E-state index contributed by atoms with van der Waals surface area (Å²) < 4.78 is 5.95. The van der Waals surface area contributed by atoms with Crippen LogP contribution in [0.1, 0.15) is 44.9 Å². The van der Waals surface area contributed by atoms with Crippen molar-refractivity contribution >= 4 is 29.3 Å². The van der Waals surface area contributed by atoms with Crippen molar-refractivity contribution in [2.45, 2.75) is 44.9 Å². The molecule has 30 heavy (non-hydrogen) atoms. The molecule has 0 saturated carbocycles. The third-order valence-corrected chi connectivity index (χ3v) is 6.14. The van der Waals surface area contributed by atoms with E-state index in [4.69, 9.17) is 22.1 Å². The van der Waals surface area contributed by atoms with Gasteiger partial charge in [-0.05, 0) is 43.9 Å². The maximum absolute atomic E-state index is 13.0. The molecule has 8 heteroatoms. The van der Waals surface area contributed by atoms with Gasteiger partial charge in [-0.2, -0.15) is 0 Å². The predicted molar refractivity (Wildman–Crippen MR) is 114 cm³/mol. The van der Waals surface area contributed by atoms with Gasteiger partial charge in [0.25, 0.3) is 0 Å². The first-order valence-corrected chi connectivity index (χ1v) is 11.0. The van der Waals surface area contributed by atoms with Crippen molar-refractivity contribution in [3.8, 4) is 5.75 Å². The number of piperidine rings is 1. The van der Waals surface area contributed by atoms with Crippen molar-refractivity contribution in [3.63, 3.8) is 0 Å². The fourth-order valence-electron chi connectivity index (χ4n) is 4.37. The van der Waals surface area contributed by atoms with E-state index >= 15 is 0 Å². The SMILES string of the molecule is NC(=O)C[C@@]1(COc2cccc(Cl)c2)CCCN(C(=O)CN2CCCCCC2=O)C1. The highest BCUT2D eigenvalue weighted by atomic mass is 35.5. The molecule has 1 aromatic rings. The lowest BCUT2D eigenvalue weighted by Gasteiger charge is -2.42. The molecule has 2 aliphatic rings. The molecule has 3 rings (SSSR count). The number of carbonyl (C=O) groups excluding carboxylic acids is 3. The number of nitrogens with zero attached hydrogens (tertiary/aromatic N) is 2. The number of ether oxygens (including phenoxy) is 1. The number of likely N-dealkylation sites (tertiary alicyclic amines) is 2. The van der Waals surface area contributed by atoms with Gasteiger partial charge in [0.05, 0.1) is 13.2 Å². The fraction of sp³-hybridized carbons (Fsp3) is 0.591. The van der Waals surface area contributed by atoms with Crippen molar-refractivity contribution < 1.29 is 19.1 Å². The molecule has 0 aliphatic carbocycles. The molecule has 164 valence electrons. The minimum Gasteiger partial charge on any atom is -0.493 e. The van der Waals surface area contributed by atoms with Crippen LogP contribution < -0.4 is 10.5 Å². The standard InChI is InChI=1S/C22H30ClN3O4/c23-17-6-4-7-18(12-17)30-16-22(13-19(24)27)9-5-11-26(15-22)21(29)14-25-10-3-1-2-8-20(25)28/h4,6-7,12H,1-3,5,8-11,13-16H2,(H2,24,27)/t22-/m0/s1. The van der Waals surface area contributed by atoms with Crippen LogP contribution in [-0.2, 0) is 14.4 Å². The summed E-state index contributed by atoms with van der Waals surface area (Å²) in [6.45, 7) is 1.99. The van der Waals surface area contributed by atoms with E-state index < -0.39 is 11.3 Å². The zero-order chi connectivity index (χ0) is 21.6. The number of hydrogen-bond acceptors (Lipinski definition) is 4. The molecule has 2 fully saturated rings. The van der Waals surface area contributed by atoms with Crippen LogP contribution in [0.25, 0.3) is 0 Å². The van der Waals surface area contributed by atoms with E-state index in [0.717, 1.165) is 32.1 Å². The third-order valence-electron chi connectivity index (χ3n) is 5.90. The summed E-state index contributed by atoms with van der Waals surface area (Å²) in [5.41, 5.74) is 4.99. The van der Waals surface area contributed by atoms with E-state index in [-0.39, 0.29) is 31.4 Å². The Morgan fingerprint density at radius 3 is 2.77 bits per heavy atom. The zero-order valence-corrected chi connectivity index (χ0v) is 18.0. The van der Waals surface area contributed by atoms with Gasteiger partial charge in [0, 0.05) is 42.9 Å². The van der Waals surface area contributed by atoms with Gasteiger partial charge in [-0.15, -0.1) is 0 Å². The molecule has 3 amide bonds. The Balaban J connectivity index is 1.67. The topological polar surface area (TPSA) is 92.9 Å². The molecule has 0 aromatic heterocycles. The van der Waals surface area contributed by atoms with Gasteiger partial charge >= 0.3 is 0 Å². The number of rotatable bonds is 7. The molecule has 2 heterocycles. The Morgan fingerprint density at radius 1 is 1.17 bits per heavy atom. The van der Waals surface area contributed by atoms with E-state index in [1.165, 1.54) is 0 Å². The minimum absolute atomic E-state index is 0.0468. The molecule has 0 bridgehead atoms. The van der Waals surface area contributed by atoms with Gasteiger partial charge < -0.3 is 20.3 Å². The summed E-state index contributed by atoms with van der Waals surface area (Å²) >= 11 is 6.03. The van der Waals surface area contributed by atoms with Gasteiger partial charge in [0.2, 0.25) is 17.7 Å². The van der Waals surface area contributed by atoms with Gasteiger partial charge in [-0.1, -0.05) is 24.1 Å². The largest absolute Gasteiger partial charge is 0.493 e. The molecule has 2 aliphatic heterocycles. The number of amides is 3. The van der Waals surface area contributed by atoms with Crippen molar-refractivity contribution in [3.05, 3.63) is 29.3 Å². The highest BCUT2D eigenvalue weighted by Gasteiger charge is 2.40. The summed E-state index contributed by atoms with van der Waals surface area (Å²) in [6, 6.07) is 7.09. The lowest BCUT2D eigenvalue weighted by Crippen LogP contribution is -2.52. The van der Waals surface area contributed by atoms with Crippen molar-refractivity contribution in [2.24, 2.45) is 11.1 Å². The predicted octanol–water partition coefficient (Wildman–Crippen LogP) is 2.61. The van der Waals surface area contributed by atoms with Crippen LogP contribution >= 0.6 is 11.6 Å². The smallest absolute Gasteiger partial charge is 0.242 e. The molecule has 2 N–H and O–H groups in total. The summed E-state index contributed by atoms with van der Waals surface area (Å²) in [5, 5.41) is 0.569. The molecule has 0 spiro atoms. The average molecular weight is 436 g/mol. The molecule has 2 saturated heterocycles. The zero-order valence-electron chi connectivity index (χ0n) is 17.3. The van der Waals surface area contributed by atoms with Gasteiger partial charge in [-0.25, -0.2) is 0 Å². The van der Waals surface area contributed by atoms with Crippen LogP contribution in [0.4, 0.5) is 0 Å². The second-order valence-corrected chi connectivity index (χ2v) is 8.87. The Hall–Kier alpha value is -2.28. The molecular weight excluding hydrogens is 406 g/mol. The number of benzene rings is 1. The van der Waals surface area contributed by atoms with E-state index in [0.29, 0.717) is 36.8 Å². The molecule has 1 atom stereocenters. The summed E-state index contributed by atoms with van der Waals surface area (Å²) in [6.07, 6.45) is 4.97. The Labute approximate surface area is 182 Å². The summed E-state index contributed by atoms with van der Waals surface area (Å²) in [5.74, 6) is 0.166. The third kappa shape index (κ3) is 6.11. The van der Waals surface area contributed by atoms with E-state index in [2.05, 4.69) is 0 Å². The van der Waals surface area contributed by atoms with Crippen LogP contribution in [0, 0.1) is 5.41 Å². The number of carbonyl (C=O) groups is 3. The molecule has 7 nitrogen and oxygen atoms in total. The Bertz CT molecular complexity index is 787. The van der Waals surface area contributed by atoms with Gasteiger partial charge in [0.1, 0.15) is 5.75 Å². The normalized spacial score (nSPS) is 22.5. The summed E-state index contributed by atoms with van der Waals surface area (Å²) in [4.78, 5) is 40.5. The maximum atomic E-state index is 13.0.